The normalized spacial score (nSPS) is 8.66. The average molecular weight is 1180 g/mol. The first kappa shape index (κ1) is 81.8. The van der Waals surface area contributed by atoms with Crippen molar-refractivity contribution in [1.82, 2.24) is 0 Å². The summed E-state index contributed by atoms with van der Waals surface area (Å²) in [4.78, 5) is 0. The van der Waals surface area contributed by atoms with E-state index in [9.17, 15) is 0 Å². The molecule has 0 radical (unpaired) electrons. The molecule has 0 bridgehead atoms. The third-order valence-electron chi connectivity index (χ3n) is 14.4. The Morgan fingerprint density at radius 1 is 0.180 bits per heavy atom. The van der Waals surface area contributed by atoms with E-state index in [1.807, 2.05) is 86.6 Å². The largest absolute Gasteiger partial charge is 0.106 e. The highest BCUT2D eigenvalue weighted by Crippen LogP contribution is 2.17. The van der Waals surface area contributed by atoms with Crippen molar-refractivity contribution < 1.29 is 0 Å². The van der Waals surface area contributed by atoms with Crippen LogP contribution in [0.2, 0.25) is 0 Å². The van der Waals surface area contributed by atoms with Crippen molar-refractivity contribution in [2.45, 2.75) is 173 Å². The molecule has 0 aromatic heterocycles. The van der Waals surface area contributed by atoms with Crippen molar-refractivity contribution in [3.63, 3.8) is 0 Å². The monoisotopic (exact) mass is 1180 g/mol. The summed E-state index contributed by atoms with van der Waals surface area (Å²) >= 11 is 0. The predicted octanol–water partition coefficient (Wildman–Crippen LogP) is 23.6. The predicted molar refractivity (Wildman–Crippen MR) is 399 cm³/mol. The zero-order chi connectivity index (χ0) is 67.9. The van der Waals surface area contributed by atoms with Crippen LogP contribution in [-0.2, 0) is 0 Å². The second-order valence-corrected chi connectivity index (χ2v) is 22.3. The molecular weight excluding hydrogens is 1070 g/mol. The van der Waals surface area contributed by atoms with Crippen molar-refractivity contribution in [3.8, 4) is 60.2 Å². The molecule has 0 saturated carbocycles. The average Bonchev–Trinajstić information content (AvgIpc) is 3.57. The summed E-state index contributed by atoms with van der Waals surface area (Å²) in [6, 6.07) is 65.3. The van der Waals surface area contributed by atoms with E-state index >= 15 is 0 Å². The number of hydrogen-bond donors (Lipinski definition) is 0. The fourth-order valence-corrected chi connectivity index (χ4v) is 8.09. The van der Waals surface area contributed by atoms with Crippen molar-refractivity contribution in [3.05, 3.63) is 316 Å². The molecule has 0 aliphatic rings. The van der Waals surface area contributed by atoms with Gasteiger partial charge in [0.15, 0.2) is 0 Å². The summed E-state index contributed by atoms with van der Waals surface area (Å²) in [5.41, 5.74) is 31.8. The van der Waals surface area contributed by atoms with Crippen LogP contribution in [0.4, 0.5) is 0 Å². The Hall–Kier alpha value is -9.22. The first-order valence-electron chi connectivity index (χ1n) is 30.8. The Morgan fingerprint density at radius 3 is 0.697 bits per heavy atom. The highest BCUT2D eigenvalue weighted by molar-refractivity contribution is 5.42. The molecule has 0 N–H and O–H groups in total. The topological polar surface area (TPSA) is 0 Å². The van der Waals surface area contributed by atoms with Gasteiger partial charge < -0.3 is 0 Å². The van der Waals surface area contributed by atoms with Crippen LogP contribution < -0.4 is 0 Å². The molecule has 0 spiro atoms. The minimum absolute atomic E-state index is 1.32. The maximum absolute atomic E-state index is 4.81. The Kier molecular flexibility index (Phi) is 44.9. The fourth-order valence-electron chi connectivity index (χ4n) is 8.09. The van der Waals surface area contributed by atoms with E-state index in [0.717, 1.165) is 0 Å². The minimum Gasteiger partial charge on any atom is -0.106 e. The van der Waals surface area contributed by atoms with E-state index in [1.54, 1.807) is 0 Å². The molecule has 9 aromatic rings. The molecule has 89 heavy (non-hydrogen) atoms. The smallest absolute Gasteiger partial charge is 0.000000673 e. The third-order valence-corrected chi connectivity index (χ3v) is 14.4. The lowest BCUT2D eigenvalue weighted by Crippen LogP contribution is -1.88. The molecule has 464 valence electrons. The Morgan fingerprint density at radius 2 is 0.427 bits per heavy atom. The molecule has 0 atom stereocenters. The molecular formula is C89H108. The van der Waals surface area contributed by atoms with E-state index < -0.39 is 0 Å². The van der Waals surface area contributed by atoms with Crippen LogP contribution in [0.3, 0.4) is 0 Å². The molecule has 0 amide bonds. The van der Waals surface area contributed by atoms with Gasteiger partial charge in [0, 0.05) is 0 Å². The van der Waals surface area contributed by atoms with Crippen molar-refractivity contribution in [1.29, 1.82) is 0 Å². The Bertz CT molecular complexity index is 3450. The zero-order valence-electron chi connectivity index (χ0n) is 59.6. The van der Waals surface area contributed by atoms with Crippen LogP contribution >= 0.6 is 0 Å². The molecule has 0 fully saturated rings. The molecule has 0 unspecified atom stereocenters. The van der Waals surface area contributed by atoms with Gasteiger partial charge in [-0.15, -0.1) is 12.8 Å². The van der Waals surface area contributed by atoms with Gasteiger partial charge in [-0.1, -0.05) is 241 Å². The van der Waals surface area contributed by atoms with E-state index in [-0.39, 0.29) is 0 Å². The lowest BCUT2D eigenvalue weighted by molar-refractivity contribution is 1.22. The molecule has 0 heterocycles. The van der Waals surface area contributed by atoms with Gasteiger partial charge in [-0.05, 0) is 296 Å². The van der Waals surface area contributed by atoms with Crippen LogP contribution in [0.15, 0.2) is 188 Å². The van der Waals surface area contributed by atoms with E-state index in [2.05, 4.69) is 322 Å². The summed E-state index contributed by atoms with van der Waals surface area (Å²) in [6.07, 6.45) is 9.62. The number of aryl methyl sites for hydroxylation is 19. The first-order chi connectivity index (χ1) is 42.1. The molecule has 0 aliphatic heterocycles. The highest BCUT2D eigenvalue weighted by atomic mass is 14.0. The van der Waals surface area contributed by atoms with Crippen LogP contribution in [0, 0.1) is 219 Å². The lowest BCUT2D eigenvalue weighted by Gasteiger charge is -2.06. The summed E-state index contributed by atoms with van der Waals surface area (Å²) < 4.78 is 0. The van der Waals surface area contributed by atoms with Gasteiger partial charge in [0.2, 0.25) is 0 Å². The summed E-state index contributed by atoms with van der Waals surface area (Å²) in [6.45, 7) is 53.3. The zero-order valence-corrected chi connectivity index (χ0v) is 59.6. The fraction of sp³-hybridized carbons (Fsp3) is 0.281. The van der Waals surface area contributed by atoms with Crippen LogP contribution in [0.25, 0.3) is 0 Å². The molecule has 0 aliphatic carbocycles. The lowest BCUT2D eigenvalue weighted by atomic mass is 10.0. The molecule has 0 nitrogen and oxygen atoms in total. The van der Waals surface area contributed by atoms with Crippen LogP contribution in [0.5, 0.6) is 0 Å². The number of rotatable bonds is 0. The number of hydrogen-bond acceptors (Lipinski definition) is 0. The van der Waals surface area contributed by atoms with E-state index in [4.69, 9.17) is 12.8 Å². The second-order valence-electron chi connectivity index (χ2n) is 22.3. The summed E-state index contributed by atoms with van der Waals surface area (Å²) in [5.74, 6) is 18.4. The van der Waals surface area contributed by atoms with Crippen molar-refractivity contribution >= 4 is 0 Å². The van der Waals surface area contributed by atoms with Gasteiger partial charge in [0.25, 0.3) is 0 Å². The van der Waals surface area contributed by atoms with Crippen molar-refractivity contribution in [2.24, 2.45) is 0 Å². The molecule has 0 saturated heterocycles. The standard InChI is InChI=1S/3C10H14.C10H2.3C9H12.2C7H8.C6H6.C2H6/c1-7-5-9(3)10(4)6-8(7)2;1-7-5-8(2)10(4)9(3)6-7;1-7-5-6-8(2)10(4)9(7)3;1-3-5-7-9-10-8-6-4-2;1-7-4-8(2)6-9(3)5-7;1-7-4-5-8(2)9(3)6-7;1-7-5-4-6-8(2)9(7)3;2*1-7-5-3-2-4-6-7;1-2-4-6-5-3-1;1-2/h3*5-6H,1-4H3;1-2H;3*4-6H,1-3H3;2*2-6H,1H3;1-6H;1-2H3. The second kappa shape index (κ2) is 48.8. The van der Waals surface area contributed by atoms with Gasteiger partial charge in [0.05, 0.1) is 0 Å². The highest BCUT2D eigenvalue weighted by Gasteiger charge is 1.99. The van der Waals surface area contributed by atoms with Crippen molar-refractivity contribution in [2.75, 3.05) is 0 Å². The van der Waals surface area contributed by atoms with E-state index in [0.29, 0.717) is 0 Å². The van der Waals surface area contributed by atoms with E-state index in [1.165, 1.54) is 128 Å². The van der Waals surface area contributed by atoms with Gasteiger partial charge >= 0.3 is 0 Å². The third kappa shape index (κ3) is 40.0. The first-order valence-corrected chi connectivity index (χ1v) is 30.8. The molecule has 9 aromatic carbocycles. The maximum atomic E-state index is 4.81. The van der Waals surface area contributed by atoms with Crippen LogP contribution in [0.1, 0.15) is 142 Å². The molecule has 0 heteroatoms. The summed E-state index contributed by atoms with van der Waals surface area (Å²) in [7, 11) is 0. The molecule has 9 rings (SSSR count). The minimum atomic E-state index is 1.32. The summed E-state index contributed by atoms with van der Waals surface area (Å²) in [5, 5.41) is 0. The maximum Gasteiger partial charge on any atom is -0.000000673 e. The van der Waals surface area contributed by atoms with Gasteiger partial charge in [-0.2, -0.15) is 0 Å². The number of benzene rings is 9. The van der Waals surface area contributed by atoms with Gasteiger partial charge in [-0.3, -0.25) is 0 Å². The SMILES string of the molecule is C#CC#CC#CC#CC#C.CC.Cc1cc(C)c(C)c(C)c1.Cc1cc(C)c(C)cc1C.Cc1cc(C)cc(C)c1.Cc1ccc(C)c(C)c1.Cc1ccc(C)c(C)c1C.Cc1cccc(C)c1C.Cc1ccccc1.Cc1ccccc1.c1ccccc1. The Balaban J connectivity index is 0. The quantitative estimate of drug-likeness (QED) is 0.133. The van der Waals surface area contributed by atoms with Gasteiger partial charge in [-0.25, -0.2) is 0 Å². The number of terminal acetylenes is 2. The Labute approximate surface area is 546 Å². The van der Waals surface area contributed by atoms with Crippen LogP contribution in [-0.4, -0.2) is 0 Å². The van der Waals surface area contributed by atoms with Gasteiger partial charge in [0.1, 0.15) is 0 Å².